The zero-order valence-electron chi connectivity index (χ0n) is 9.74. The van der Waals surface area contributed by atoms with Gasteiger partial charge >= 0.3 is 0 Å². The lowest BCUT2D eigenvalue weighted by Crippen LogP contribution is -2.18. The van der Waals surface area contributed by atoms with Crippen molar-refractivity contribution in [2.45, 2.75) is 52.0 Å². The number of nitrogens with zero attached hydrogens (tertiary/aromatic N) is 2. The summed E-state index contributed by atoms with van der Waals surface area (Å²) in [5.41, 5.74) is 7.61. The smallest absolute Gasteiger partial charge is 0.0823 e. The molecule has 0 atom stereocenters. The molecule has 0 aliphatic heterocycles. The van der Waals surface area contributed by atoms with Gasteiger partial charge in [-0.1, -0.05) is 13.3 Å². The van der Waals surface area contributed by atoms with E-state index in [1.807, 2.05) is 13.1 Å². The lowest BCUT2D eigenvalue weighted by molar-refractivity contribution is 0.256. The van der Waals surface area contributed by atoms with Crippen LogP contribution in [0.2, 0.25) is 0 Å². The molecule has 84 valence electrons. The fourth-order valence-electron chi connectivity index (χ4n) is 2.50. The molecule has 0 saturated heterocycles. The standard InChI is InChI=1S/C12H21N3/c1-3-10-4-6-11(7-5-10)15-8-12(13)9(2)14-15/h8,10-11H,3-7,13H2,1-2H3. The maximum absolute atomic E-state index is 5.82. The van der Waals surface area contributed by atoms with E-state index in [0.29, 0.717) is 6.04 Å². The van der Waals surface area contributed by atoms with Crippen molar-refractivity contribution in [2.75, 3.05) is 5.73 Å². The van der Waals surface area contributed by atoms with Gasteiger partial charge in [-0.2, -0.15) is 5.10 Å². The second-order valence-corrected chi connectivity index (χ2v) is 4.73. The Kier molecular flexibility index (Phi) is 2.98. The van der Waals surface area contributed by atoms with Gasteiger partial charge in [0.05, 0.1) is 17.4 Å². The number of aromatic nitrogens is 2. The molecule has 1 aliphatic carbocycles. The van der Waals surface area contributed by atoms with Crippen LogP contribution < -0.4 is 5.73 Å². The maximum Gasteiger partial charge on any atom is 0.0823 e. The second-order valence-electron chi connectivity index (χ2n) is 4.73. The highest BCUT2D eigenvalue weighted by Gasteiger charge is 2.21. The van der Waals surface area contributed by atoms with E-state index in [4.69, 9.17) is 5.73 Å². The van der Waals surface area contributed by atoms with Crippen molar-refractivity contribution in [2.24, 2.45) is 5.92 Å². The maximum atomic E-state index is 5.82. The minimum atomic E-state index is 0.587. The van der Waals surface area contributed by atoms with Gasteiger partial charge in [0.15, 0.2) is 0 Å². The van der Waals surface area contributed by atoms with Gasteiger partial charge in [-0.15, -0.1) is 0 Å². The van der Waals surface area contributed by atoms with E-state index in [1.54, 1.807) is 0 Å². The zero-order chi connectivity index (χ0) is 10.8. The third-order valence-corrected chi connectivity index (χ3v) is 3.72. The topological polar surface area (TPSA) is 43.8 Å². The summed E-state index contributed by atoms with van der Waals surface area (Å²) < 4.78 is 2.08. The Balaban J connectivity index is 2.01. The Bertz CT molecular complexity index is 302. The van der Waals surface area contributed by atoms with Crippen LogP contribution in [0.4, 0.5) is 5.69 Å². The van der Waals surface area contributed by atoms with Crippen LogP contribution in [-0.2, 0) is 0 Å². The monoisotopic (exact) mass is 207 g/mol. The molecule has 0 radical (unpaired) electrons. The summed E-state index contributed by atoms with van der Waals surface area (Å²) >= 11 is 0. The van der Waals surface area contributed by atoms with Gasteiger partial charge in [0.25, 0.3) is 0 Å². The summed E-state index contributed by atoms with van der Waals surface area (Å²) in [4.78, 5) is 0. The van der Waals surface area contributed by atoms with Crippen LogP contribution in [0.3, 0.4) is 0 Å². The fourth-order valence-corrected chi connectivity index (χ4v) is 2.50. The minimum absolute atomic E-state index is 0.587. The van der Waals surface area contributed by atoms with Gasteiger partial charge in [0, 0.05) is 6.20 Å². The van der Waals surface area contributed by atoms with Crippen LogP contribution in [-0.4, -0.2) is 9.78 Å². The molecular weight excluding hydrogens is 186 g/mol. The van der Waals surface area contributed by atoms with E-state index >= 15 is 0 Å². The van der Waals surface area contributed by atoms with Crippen LogP contribution in [0.5, 0.6) is 0 Å². The summed E-state index contributed by atoms with van der Waals surface area (Å²) in [6.07, 6.45) is 8.54. The van der Waals surface area contributed by atoms with E-state index in [2.05, 4.69) is 16.7 Å². The van der Waals surface area contributed by atoms with Crippen LogP contribution in [0.15, 0.2) is 6.20 Å². The highest BCUT2D eigenvalue weighted by molar-refractivity contribution is 5.39. The van der Waals surface area contributed by atoms with Gasteiger partial charge in [-0.3, -0.25) is 4.68 Å². The molecule has 3 heteroatoms. The SMILES string of the molecule is CCC1CCC(n2cc(N)c(C)n2)CC1. The molecule has 0 amide bonds. The van der Waals surface area contributed by atoms with Crippen LogP contribution in [0.1, 0.15) is 50.8 Å². The minimum Gasteiger partial charge on any atom is -0.396 e. The number of hydrogen-bond acceptors (Lipinski definition) is 2. The molecule has 1 heterocycles. The van der Waals surface area contributed by atoms with Crippen molar-refractivity contribution in [1.82, 2.24) is 9.78 Å². The number of hydrogen-bond donors (Lipinski definition) is 1. The molecule has 15 heavy (non-hydrogen) atoms. The van der Waals surface area contributed by atoms with E-state index in [-0.39, 0.29) is 0 Å². The second kappa shape index (κ2) is 4.25. The largest absolute Gasteiger partial charge is 0.396 e. The summed E-state index contributed by atoms with van der Waals surface area (Å²) in [6, 6.07) is 0.587. The molecule has 0 aromatic carbocycles. The molecule has 0 spiro atoms. The average Bonchev–Trinajstić information content (AvgIpc) is 2.59. The fraction of sp³-hybridized carbons (Fsp3) is 0.750. The zero-order valence-corrected chi connectivity index (χ0v) is 9.74. The molecule has 1 aliphatic rings. The highest BCUT2D eigenvalue weighted by Crippen LogP contribution is 2.33. The molecule has 1 saturated carbocycles. The number of anilines is 1. The molecule has 0 bridgehead atoms. The van der Waals surface area contributed by atoms with Crippen molar-refractivity contribution >= 4 is 5.69 Å². The molecule has 3 nitrogen and oxygen atoms in total. The highest BCUT2D eigenvalue weighted by atomic mass is 15.3. The lowest BCUT2D eigenvalue weighted by Gasteiger charge is -2.27. The summed E-state index contributed by atoms with van der Waals surface area (Å²) in [5.74, 6) is 0.940. The van der Waals surface area contributed by atoms with Crippen molar-refractivity contribution in [3.63, 3.8) is 0 Å². The first-order valence-electron chi connectivity index (χ1n) is 6.02. The normalized spacial score (nSPS) is 26.8. The number of aryl methyl sites for hydroxylation is 1. The Morgan fingerprint density at radius 2 is 2.07 bits per heavy atom. The molecule has 1 fully saturated rings. The quantitative estimate of drug-likeness (QED) is 0.810. The summed E-state index contributed by atoms with van der Waals surface area (Å²) in [5, 5.41) is 4.48. The van der Waals surface area contributed by atoms with E-state index in [1.165, 1.54) is 32.1 Å². The van der Waals surface area contributed by atoms with Gasteiger partial charge in [-0.05, 0) is 38.5 Å². The van der Waals surface area contributed by atoms with Gasteiger partial charge in [0.2, 0.25) is 0 Å². The molecular formula is C12H21N3. The summed E-state index contributed by atoms with van der Waals surface area (Å²) in [7, 11) is 0. The average molecular weight is 207 g/mol. The third kappa shape index (κ3) is 2.16. The van der Waals surface area contributed by atoms with E-state index in [0.717, 1.165) is 17.3 Å². The molecule has 1 aromatic rings. The lowest BCUT2D eigenvalue weighted by atomic mass is 9.85. The van der Waals surface area contributed by atoms with Crippen LogP contribution in [0.25, 0.3) is 0 Å². The molecule has 2 N–H and O–H groups in total. The van der Waals surface area contributed by atoms with Crippen molar-refractivity contribution < 1.29 is 0 Å². The predicted octanol–water partition coefficient (Wildman–Crippen LogP) is 2.92. The summed E-state index contributed by atoms with van der Waals surface area (Å²) in [6.45, 7) is 4.27. The van der Waals surface area contributed by atoms with Crippen molar-refractivity contribution in [3.8, 4) is 0 Å². The van der Waals surface area contributed by atoms with Gasteiger partial charge < -0.3 is 5.73 Å². The first-order chi connectivity index (χ1) is 7.20. The van der Waals surface area contributed by atoms with E-state index in [9.17, 15) is 0 Å². The number of rotatable bonds is 2. The third-order valence-electron chi connectivity index (χ3n) is 3.72. The van der Waals surface area contributed by atoms with E-state index < -0.39 is 0 Å². The number of nitrogen functional groups attached to an aromatic ring is 1. The first-order valence-corrected chi connectivity index (χ1v) is 6.02. The Labute approximate surface area is 91.7 Å². The first kappa shape index (κ1) is 10.5. The molecule has 0 unspecified atom stereocenters. The Morgan fingerprint density at radius 3 is 2.53 bits per heavy atom. The van der Waals surface area contributed by atoms with Gasteiger partial charge in [-0.25, -0.2) is 0 Å². The van der Waals surface area contributed by atoms with Crippen LogP contribution >= 0.6 is 0 Å². The molecule has 2 rings (SSSR count). The van der Waals surface area contributed by atoms with Crippen LogP contribution in [0, 0.1) is 12.8 Å². The van der Waals surface area contributed by atoms with Crippen molar-refractivity contribution in [3.05, 3.63) is 11.9 Å². The Morgan fingerprint density at radius 1 is 1.40 bits per heavy atom. The molecule has 1 aromatic heterocycles. The Hall–Kier alpha value is -0.990. The predicted molar refractivity (Wildman–Crippen MR) is 62.7 cm³/mol. The van der Waals surface area contributed by atoms with Crippen molar-refractivity contribution in [1.29, 1.82) is 0 Å². The van der Waals surface area contributed by atoms with Gasteiger partial charge in [0.1, 0.15) is 0 Å². The number of nitrogens with two attached hydrogens (primary N) is 1.